The molecule has 26 heavy (non-hydrogen) atoms. The Morgan fingerprint density at radius 1 is 0.923 bits per heavy atom. The van der Waals surface area contributed by atoms with Gasteiger partial charge in [0.05, 0.1) is 12.2 Å². The minimum Gasteiger partial charge on any atom is -0.424 e. The van der Waals surface area contributed by atoms with Gasteiger partial charge in [-0.25, -0.2) is 4.39 Å². The second kappa shape index (κ2) is 7.17. The van der Waals surface area contributed by atoms with E-state index < -0.39 is 0 Å². The van der Waals surface area contributed by atoms with Crippen LogP contribution >= 0.6 is 0 Å². The van der Waals surface area contributed by atoms with Gasteiger partial charge in [0.15, 0.2) is 5.82 Å². The average Bonchev–Trinajstić information content (AvgIpc) is 3.08. The molecule has 1 saturated heterocycles. The molecule has 0 aliphatic carbocycles. The van der Waals surface area contributed by atoms with E-state index in [0.29, 0.717) is 18.3 Å². The molecule has 2 aromatic heterocycles. The molecule has 0 radical (unpaired) electrons. The number of anilines is 1. The van der Waals surface area contributed by atoms with Crippen molar-refractivity contribution in [3.8, 4) is 11.3 Å². The molecule has 3 heterocycles. The molecule has 8 heteroatoms. The normalized spacial score (nSPS) is 15.4. The molecule has 0 unspecified atom stereocenters. The Balaban J connectivity index is 1.36. The second-order valence-corrected chi connectivity index (χ2v) is 6.26. The number of piperazine rings is 1. The number of nitrogens with zero attached hydrogens (tertiary/aromatic N) is 6. The standard InChI is InChI=1S/C18H19FN6O/c1-13-20-23-18(26-13)12-24-8-10-25(11-9-24)17-7-6-16(21-22-17)14-2-4-15(19)5-3-14/h2-7H,8-12H2,1H3. The van der Waals surface area contributed by atoms with Crippen LogP contribution in [0, 0.1) is 12.7 Å². The summed E-state index contributed by atoms with van der Waals surface area (Å²) in [6, 6.07) is 10.1. The molecule has 7 nitrogen and oxygen atoms in total. The van der Waals surface area contributed by atoms with Crippen molar-refractivity contribution in [2.75, 3.05) is 31.1 Å². The summed E-state index contributed by atoms with van der Waals surface area (Å²) in [5.74, 6) is 1.84. The van der Waals surface area contributed by atoms with Crippen molar-refractivity contribution in [3.63, 3.8) is 0 Å². The molecule has 1 fully saturated rings. The van der Waals surface area contributed by atoms with Gasteiger partial charge in [0, 0.05) is 38.7 Å². The summed E-state index contributed by atoms with van der Waals surface area (Å²) in [4.78, 5) is 4.49. The van der Waals surface area contributed by atoms with Crippen LogP contribution in [0.3, 0.4) is 0 Å². The van der Waals surface area contributed by atoms with Crippen LogP contribution in [0.5, 0.6) is 0 Å². The van der Waals surface area contributed by atoms with E-state index in [9.17, 15) is 4.39 Å². The maximum atomic E-state index is 13.0. The van der Waals surface area contributed by atoms with E-state index in [1.807, 2.05) is 12.1 Å². The number of benzene rings is 1. The maximum Gasteiger partial charge on any atom is 0.230 e. The first-order valence-corrected chi connectivity index (χ1v) is 8.53. The zero-order valence-electron chi connectivity index (χ0n) is 14.5. The van der Waals surface area contributed by atoms with E-state index in [0.717, 1.165) is 43.3 Å². The molecule has 134 valence electrons. The molecule has 1 aliphatic rings. The molecule has 4 rings (SSSR count). The van der Waals surface area contributed by atoms with Crippen LogP contribution in [0.4, 0.5) is 10.2 Å². The van der Waals surface area contributed by atoms with Gasteiger partial charge in [0.1, 0.15) is 5.82 Å². The predicted octanol–water partition coefficient (Wildman–Crippen LogP) is 2.30. The fourth-order valence-corrected chi connectivity index (χ4v) is 3.00. The molecule has 1 aromatic carbocycles. The van der Waals surface area contributed by atoms with Gasteiger partial charge in [-0.2, -0.15) is 0 Å². The summed E-state index contributed by atoms with van der Waals surface area (Å²) in [6.45, 7) is 5.97. The number of hydrogen-bond donors (Lipinski definition) is 0. The average molecular weight is 354 g/mol. The second-order valence-electron chi connectivity index (χ2n) is 6.26. The molecule has 3 aromatic rings. The van der Waals surface area contributed by atoms with Crippen molar-refractivity contribution in [2.24, 2.45) is 0 Å². The van der Waals surface area contributed by atoms with Crippen LogP contribution in [0.25, 0.3) is 11.3 Å². The van der Waals surface area contributed by atoms with Crippen LogP contribution in [-0.4, -0.2) is 51.5 Å². The van der Waals surface area contributed by atoms with Crippen LogP contribution in [0.15, 0.2) is 40.8 Å². The lowest BCUT2D eigenvalue weighted by Crippen LogP contribution is -2.46. The molecule has 0 saturated carbocycles. The van der Waals surface area contributed by atoms with Crippen LogP contribution in [0.2, 0.25) is 0 Å². The molecular formula is C18H19FN6O. The van der Waals surface area contributed by atoms with Crippen LogP contribution in [0.1, 0.15) is 11.8 Å². The highest BCUT2D eigenvalue weighted by Crippen LogP contribution is 2.20. The highest BCUT2D eigenvalue weighted by Gasteiger charge is 2.20. The quantitative estimate of drug-likeness (QED) is 0.712. The number of aryl methyl sites for hydroxylation is 1. The Bertz CT molecular complexity index is 856. The zero-order valence-corrected chi connectivity index (χ0v) is 14.5. The van der Waals surface area contributed by atoms with Gasteiger partial charge in [0.2, 0.25) is 11.8 Å². The van der Waals surface area contributed by atoms with E-state index in [2.05, 4.69) is 30.2 Å². The van der Waals surface area contributed by atoms with Crippen LogP contribution < -0.4 is 4.90 Å². The Morgan fingerprint density at radius 2 is 1.69 bits per heavy atom. The summed E-state index contributed by atoms with van der Waals surface area (Å²) in [5, 5.41) is 16.5. The lowest BCUT2D eigenvalue weighted by molar-refractivity contribution is 0.224. The summed E-state index contributed by atoms with van der Waals surface area (Å²) in [5.41, 5.74) is 1.59. The van der Waals surface area contributed by atoms with Crippen molar-refractivity contribution >= 4 is 5.82 Å². The van der Waals surface area contributed by atoms with E-state index >= 15 is 0 Å². The van der Waals surface area contributed by atoms with Gasteiger partial charge in [-0.05, 0) is 36.4 Å². The highest BCUT2D eigenvalue weighted by molar-refractivity contribution is 5.59. The van der Waals surface area contributed by atoms with Crippen molar-refractivity contribution in [1.29, 1.82) is 0 Å². The number of rotatable bonds is 4. The third-order valence-electron chi connectivity index (χ3n) is 4.41. The van der Waals surface area contributed by atoms with E-state index in [1.54, 1.807) is 19.1 Å². The Kier molecular flexibility index (Phi) is 4.57. The summed E-state index contributed by atoms with van der Waals surface area (Å²) in [7, 11) is 0. The highest BCUT2D eigenvalue weighted by atomic mass is 19.1. The monoisotopic (exact) mass is 354 g/mol. The molecule has 0 bridgehead atoms. The molecular weight excluding hydrogens is 335 g/mol. The first-order valence-electron chi connectivity index (χ1n) is 8.53. The van der Waals surface area contributed by atoms with Crippen LogP contribution in [-0.2, 0) is 6.54 Å². The number of aromatic nitrogens is 4. The minimum absolute atomic E-state index is 0.258. The van der Waals surface area contributed by atoms with Gasteiger partial charge in [-0.15, -0.1) is 20.4 Å². The van der Waals surface area contributed by atoms with Gasteiger partial charge in [0.25, 0.3) is 0 Å². The Labute approximate surface area is 150 Å². The largest absolute Gasteiger partial charge is 0.424 e. The van der Waals surface area contributed by atoms with E-state index in [-0.39, 0.29) is 5.82 Å². The molecule has 0 atom stereocenters. The summed E-state index contributed by atoms with van der Waals surface area (Å²) in [6.07, 6.45) is 0. The lowest BCUT2D eigenvalue weighted by Gasteiger charge is -2.34. The summed E-state index contributed by atoms with van der Waals surface area (Å²) >= 11 is 0. The topological polar surface area (TPSA) is 71.2 Å². The maximum absolute atomic E-state index is 13.0. The van der Waals surface area contributed by atoms with Crippen molar-refractivity contribution < 1.29 is 8.81 Å². The summed E-state index contributed by atoms with van der Waals surface area (Å²) < 4.78 is 18.5. The van der Waals surface area contributed by atoms with Gasteiger partial charge in [-0.1, -0.05) is 0 Å². The van der Waals surface area contributed by atoms with Crippen molar-refractivity contribution in [1.82, 2.24) is 25.3 Å². The predicted molar refractivity (Wildman–Crippen MR) is 94.0 cm³/mol. The van der Waals surface area contributed by atoms with Gasteiger partial charge in [-0.3, -0.25) is 4.90 Å². The lowest BCUT2D eigenvalue weighted by atomic mass is 10.1. The molecule has 0 spiro atoms. The van der Waals surface area contributed by atoms with Crippen molar-refractivity contribution in [3.05, 3.63) is 54.0 Å². The van der Waals surface area contributed by atoms with Gasteiger partial charge >= 0.3 is 0 Å². The Hall–Kier alpha value is -2.87. The fourth-order valence-electron chi connectivity index (χ4n) is 3.00. The third kappa shape index (κ3) is 3.70. The Morgan fingerprint density at radius 3 is 2.31 bits per heavy atom. The number of halogens is 1. The van der Waals surface area contributed by atoms with Crippen molar-refractivity contribution in [2.45, 2.75) is 13.5 Å². The molecule has 0 amide bonds. The van der Waals surface area contributed by atoms with E-state index in [1.165, 1.54) is 12.1 Å². The number of hydrogen-bond acceptors (Lipinski definition) is 7. The zero-order chi connectivity index (χ0) is 17.9. The minimum atomic E-state index is -0.258. The fraction of sp³-hybridized carbons (Fsp3) is 0.333. The molecule has 0 N–H and O–H groups in total. The first kappa shape index (κ1) is 16.6. The van der Waals surface area contributed by atoms with Gasteiger partial charge < -0.3 is 9.32 Å². The molecule has 1 aliphatic heterocycles. The van der Waals surface area contributed by atoms with E-state index in [4.69, 9.17) is 4.42 Å². The third-order valence-corrected chi connectivity index (χ3v) is 4.41. The first-order chi connectivity index (χ1) is 12.7. The SMILES string of the molecule is Cc1nnc(CN2CCN(c3ccc(-c4ccc(F)cc4)nn3)CC2)o1. The smallest absolute Gasteiger partial charge is 0.230 e.